The second kappa shape index (κ2) is 15.2. The lowest BCUT2D eigenvalue weighted by Crippen LogP contribution is -2.53. The molecule has 2 amide bonds. The minimum Gasteiger partial charge on any atom is -0.337 e. The van der Waals surface area contributed by atoms with Crippen molar-refractivity contribution >= 4 is 24.4 Å². The van der Waals surface area contributed by atoms with Crippen LogP contribution >= 0.6 is 12.6 Å². The van der Waals surface area contributed by atoms with E-state index in [1.54, 1.807) is 20.8 Å². The Labute approximate surface area is 144 Å². The maximum atomic E-state index is 11.6. The van der Waals surface area contributed by atoms with E-state index in [-0.39, 0.29) is 14.7 Å². The predicted octanol–water partition coefficient (Wildman–Crippen LogP) is 3.25. The zero-order valence-corrected chi connectivity index (χ0v) is 15.8. The van der Waals surface area contributed by atoms with E-state index in [1.165, 1.54) is 6.42 Å². The number of amides is 2. The van der Waals surface area contributed by atoms with Crippen LogP contribution < -0.4 is 16.0 Å². The van der Waals surface area contributed by atoms with Gasteiger partial charge in [0, 0.05) is 22.4 Å². The zero-order valence-electron chi connectivity index (χ0n) is 14.9. The van der Waals surface area contributed by atoms with Crippen molar-refractivity contribution in [2.75, 3.05) is 25.4 Å². The van der Waals surface area contributed by atoms with E-state index in [9.17, 15) is 9.59 Å². The van der Waals surface area contributed by atoms with Gasteiger partial charge in [-0.3, -0.25) is 4.79 Å². The fraction of sp³-hybridized carbons (Fsp3) is 0.875. The van der Waals surface area contributed by atoms with E-state index < -0.39 is 5.54 Å². The van der Waals surface area contributed by atoms with Crippen LogP contribution in [0.4, 0.5) is 4.79 Å². The lowest BCUT2D eigenvalue weighted by molar-refractivity contribution is -0.123. The van der Waals surface area contributed by atoms with Crippen LogP contribution in [-0.4, -0.2) is 42.7 Å². The van der Waals surface area contributed by atoms with Gasteiger partial charge < -0.3 is 16.0 Å². The van der Waals surface area contributed by atoms with Crippen LogP contribution in [0.1, 0.15) is 63.2 Å². The molecule has 3 N–H and O–H groups in total. The van der Waals surface area contributed by atoms with Crippen molar-refractivity contribution in [1.82, 2.24) is 16.0 Å². The third-order valence-electron chi connectivity index (χ3n) is 3.04. The van der Waals surface area contributed by atoms with Crippen molar-refractivity contribution in [3.05, 3.63) is 0 Å². The molecule has 0 aromatic heterocycles. The minimum absolute atomic E-state index is 0. The zero-order chi connectivity index (χ0) is 17.4. The molecule has 0 atom stereocenters. The van der Waals surface area contributed by atoms with Crippen LogP contribution in [0.2, 0.25) is 0 Å². The molecule has 0 aliphatic carbocycles. The molecule has 0 radical (unpaired) electrons. The molecule has 0 aliphatic rings. The highest BCUT2D eigenvalue weighted by Crippen LogP contribution is 2.05. The van der Waals surface area contributed by atoms with E-state index in [4.69, 9.17) is 0 Å². The van der Waals surface area contributed by atoms with Crippen molar-refractivity contribution < 1.29 is 12.4 Å². The van der Waals surface area contributed by atoms with E-state index in [1.807, 2.05) is 13.8 Å². The molecule has 0 saturated carbocycles. The van der Waals surface area contributed by atoms with Gasteiger partial charge in [0.2, 0.25) is 0 Å². The molecule has 0 fully saturated rings. The first-order chi connectivity index (χ1) is 10.4. The summed E-state index contributed by atoms with van der Waals surface area (Å²) in [6, 6.07) is -0.298. The van der Waals surface area contributed by atoms with Gasteiger partial charge in [-0.15, -0.1) is 0 Å². The molecule has 0 bridgehead atoms. The van der Waals surface area contributed by atoms with Crippen molar-refractivity contribution in [2.45, 2.75) is 65.8 Å². The number of carbonyl (C=O) groups excluding carboxylic acids is 2. The van der Waals surface area contributed by atoms with Crippen LogP contribution in [0, 0.1) is 0 Å². The summed E-state index contributed by atoms with van der Waals surface area (Å²) in [6.45, 7) is 11.5. The fourth-order valence-electron chi connectivity index (χ4n) is 1.77. The highest BCUT2D eigenvalue weighted by atomic mass is 32.1. The standard InChI is InChI=1S/C14H29N3O2S.C2H6.2H2/c1-4-12(18)14(2,3)17-13(19)16-10-9-15-8-6-5-7-11-20;1-2;;/h15,20H,4-11H2,1-3H3,(H2,16,17,19);1-2H3;2*1H. The van der Waals surface area contributed by atoms with Gasteiger partial charge in [-0.05, 0) is 39.0 Å². The third-order valence-corrected chi connectivity index (χ3v) is 3.36. The quantitative estimate of drug-likeness (QED) is 0.345. The van der Waals surface area contributed by atoms with Crippen molar-refractivity contribution in [3.8, 4) is 0 Å². The highest BCUT2D eigenvalue weighted by Gasteiger charge is 2.27. The number of rotatable bonds is 11. The summed E-state index contributed by atoms with van der Waals surface area (Å²) in [6.07, 6.45) is 3.87. The summed E-state index contributed by atoms with van der Waals surface area (Å²) < 4.78 is 0. The molecule has 136 valence electrons. The van der Waals surface area contributed by atoms with Crippen molar-refractivity contribution in [1.29, 1.82) is 0 Å². The lowest BCUT2D eigenvalue weighted by atomic mass is 9.97. The van der Waals surface area contributed by atoms with Gasteiger partial charge in [0.15, 0.2) is 5.78 Å². The van der Waals surface area contributed by atoms with E-state index in [0.29, 0.717) is 13.0 Å². The van der Waals surface area contributed by atoms with Crippen LogP contribution in [-0.2, 0) is 4.79 Å². The maximum Gasteiger partial charge on any atom is 0.315 e. The van der Waals surface area contributed by atoms with Gasteiger partial charge >= 0.3 is 6.03 Å². The number of hydrogen-bond acceptors (Lipinski definition) is 4. The smallest absolute Gasteiger partial charge is 0.315 e. The molecule has 0 heterocycles. The van der Waals surface area contributed by atoms with E-state index >= 15 is 0 Å². The van der Waals surface area contributed by atoms with Gasteiger partial charge in [-0.1, -0.05) is 27.2 Å². The summed E-state index contributed by atoms with van der Waals surface area (Å²) in [5, 5.41) is 8.69. The number of hydrogen-bond donors (Lipinski definition) is 4. The van der Waals surface area contributed by atoms with Gasteiger partial charge in [-0.25, -0.2) is 4.79 Å². The van der Waals surface area contributed by atoms with E-state index in [2.05, 4.69) is 28.6 Å². The summed E-state index contributed by atoms with van der Waals surface area (Å²) in [4.78, 5) is 23.3. The molecule has 5 nitrogen and oxygen atoms in total. The fourth-order valence-corrected chi connectivity index (χ4v) is 1.99. The molecule has 0 spiro atoms. The third kappa shape index (κ3) is 13.0. The van der Waals surface area contributed by atoms with Crippen LogP contribution in [0.15, 0.2) is 0 Å². The van der Waals surface area contributed by atoms with Crippen LogP contribution in [0.25, 0.3) is 0 Å². The van der Waals surface area contributed by atoms with Gasteiger partial charge in [0.25, 0.3) is 0 Å². The number of urea groups is 1. The van der Waals surface area contributed by atoms with Gasteiger partial charge in [0.05, 0.1) is 5.54 Å². The summed E-state index contributed by atoms with van der Waals surface area (Å²) in [7, 11) is 0. The summed E-state index contributed by atoms with van der Waals surface area (Å²) >= 11 is 4.16. The number of unbranched alkanes of at least 4 members (excludes halogenated alkanes) is 2. The van der Waals surface area contributed by atoms with Crippen LogP contribution in [0.3, 0.4) is 0 Å². The highest BCUT2D eigenvalue weighted by molar-refractivity contribution is 7.80. The number of thiol groups is 1. The van der Waals surface area contributed by atoms with Crippen molar-refractivity contribution in [2.24, 2.45) is 0 Å². The first kappa shape index (κ1) is 23.5. The van der Waals surface area contributed by atoms with Crippen LogP contribution in [0.5, 0.6) is 0 Å². The molecular formula is C16H39N3O2S. The molecule has 0 aromatic rings. The number of carbonyl (C=O) groups is 2. The Hall–Kier alpha value is -0.750. The summed E-state index contributed by atoms with van der Waals surface area (Å²) in [5.41, 5.74) is -0.806. The molecule has 22 heavy (non-hydrogen) atoms. The Bertz CT molecular complexity index is 307. The molecule has 0 rings (SSSR count). The maximum absolute atomic E-state index is 11.6. The Morgan fingerprint density at radius 2 is 1.68 bits per heavy atom. The Morgan fingerprint density at radius 1 is 1.05 bits per heavy atom. The van der Waals surface area contributed by atoms with Crippen molar-refractivity contribution in [3.63, 3.8) is 0 Å². The monoisotopic (exact) mass is 337 g/mol. The topological polar surface area (TPSA) is 70.2 Å². The number of ketones is 1. The SMILES string of the molecule is CC.CCC(=O)C(C)(C)NC(=O)NCCNCCCCCS.[HH].[HH]. The second-order valence-electron chi connectivity index (χ2n) is 5.32. The molecule has 0 unspecified atom stereocenters. The largest absolute Gasteiger partial charge is 0.337 e. The van der Waals surface area contributed by atoms with Gasteiger partial charge in [0.1, 0.15) is 0 Å². The number of nitrogens with one attached hydrogen (secondary N) is 3. The molecule has 0 aromatic carbocycles. The Morgan fingerprint density at radius 3 is 2.23 bits per heavy atom. The molecule has 6 heteroatoms. The predicted molar refractivity (Wildman–Crippen MR) is 102 cm³/mol. The average Bonchev–Trinajstić information content (AvgIpc) is 2.50. The lowest BCUT2D eigenvalue weighted by Gasteiger charge is -2.24. The normalized spacial score (nSPS) is 10.5. The minimum atomic E-state index is -0.806. The Kier molecular flexibility index (Phi) is 16.2. The second-order valence-corrected chi connectivity index (χ2v) is 5.76. The Balaban J connectivity index is -0.000000480. The molecule has 0 aliphatic heterocycles. The average molecular weight is 338 g/mol. The van der Waals surface area contributed by atoms with Gasteiger partial charge in [-0.2, -0.15) is 12.6 Å². The number of Topliss-reactive ketones (excluding diaryl/α,β-unsaturated/α-hetero) is 1. The molecule has 0 saturated heterocycles. The first-order valence-corrected chi connectivity index (χ1v) is 8.98. The van der Waals surface area contributed by atoms with E-state index in [0.717, 1.165) is 31.7 Å². The summed E-state index contributed by atoms with van der Waals surface area (Å²) in [5.74, 6) is 0.962. The first-order valence-electron chi connectivity index (χ1n) is 8.35. The molecular weight excluding hydrogens is 298 g/mol.